The van der Waals surface area contributed by atoms with Crippen LogP contribution in [0.4, 0.5) is 29.1 Å². The summed E-state index contributed by atoms with van der Waals surface area (Å²) in [5.74, 6) is -7.74. The molecule has 0 spiro atoms. The first-order valence-electron chi connectivity index (χ1n) is 10.4. The minimum atomic E-state index is -1.96. The molecule has 3 N–H and O–H groups in total. The summed E-state index contributed by atoms with van der Waals surface area (Å²) >= 11 is 0. The van der Waals surface area contributed by atoms with Crippen LogP contribution in [-0.2, 0) is 17.8 Å². The minimum Gasteiger partial charge on any atom is -0.508 e. The van der Waals surface area contributed by atoms with Crippen LogP contribution in [0, 0.1) is 23.3 Å². The van der Waals surface area contributed by atoms with E-state index in [-0.39, 0.29) is 17.3 Å². The van der Waals surface area contributed by atoms with E-state index in [1.54, 1.807) is 36.4 Å². The molecule has 4 aromatic rings. The lowest BCUT2D eigenvalue weighted by molar-refractivity contribution is -0.118. The first kappa shape index (κ1) is 22.3. The Morgan fingerprint density at radius 2 is 1.43 bits per heavy atom. The molecular formula is C25H16F4N4O2. The quantitative estimate of drug-likeness (QED) is 0.191. The summed E-state index contributed by atoms with van der Waals surface area (Å²) in [4.78, 5) is 23.0. The molecule has 0 aliphatic carbocycles. The number of anilines is 2. The van der Waals surface area contributed by atoms with Crippen molar-refractivity contribution in [1.82, 2.24) is 9.97 Å². The summed E-state index contributed by atoms with van der Waals surface area (Å²) in [6.45, 7) is -0.574. The molecule has 1 amide bonds. The Hall–Kier alpha value is -4.47. The SMILES string of the molecule is Nc1ccc(-c2cnc(N3Cc4c(F)c(F)c(F)c(F)c4CC3=O)c(-c3ccc(O)cc3)n2)cc1. The van der Waals surface area contributed by atoms with E-state index in [9.17, 15) is 27.5 Å². The molecule has 6 nitrogen and oxygen atoms in total. The van der Waals surface area contributed by atoms with Crippen LogP contribution in [0.3, 0.4) is 0 Å². The summed E-state index contributed by atoms with van der Waals surface area (Å²) < 4.78 is 56.4. The van der Waals surface area contributed by atoms with Gasteiger partial charge in [0, 0.05) is 27.9 Å². The lowest BCUT2D eigenvalue weighted by Gasteiger charge is -2.30. The molecular weight excluding hydrogens is 464 g/mol. The summed E-state index contributed by atoms with van der Waals surface area (Å²) in [6.07, 6.45) is 0.710. The second-order valence-corrected chi connectivity index (χ2v) is 7.97. The van der Waals surface area contributed by atoms with Gasteiger partial charge in [0.25, 0.3) is 0 Å². The number of amides is 1. The van der Waals surface area contributed by atoms with Crippen molar-refractivity contribution in [1.29, 1.82) is 0 Å². The van der Waals surface area contributed by atoms with Crippen LogP contribution in [0.5, 0.6) is 5.75 Å². The lowest BCUT2D eigenvalue weighted by Crippen LogP contribution is -2.38. The molecule has 1 aliphatic rings. The van der Waals surface area contributed by atoms with Gasteiger partial charge in [-0.3, -0.25) is 9.69 Å². The standard InChI is InChI=1S/C25H16F4N4O2/c26-20-16-9-19(35)33(11-17(16)21(27)23(29)22(20)28)25-24(13-3-7-15(34)8-4-13)32-18(10-31-25)12-1-5-14(30)6-2-12/h1-8,10,34H,9,11,30H2. The number of rotatable bonds is 3. The van der Waals surface area contributed by atoms with Gasteiger partial charge in [-0.2, -0.15) is 0 Å². The van der Waals surface area contributed by atoms with Crippen LogP contribution >= 0.6 is 0 Å². The highest BCUT2D eigenvalue weighted by molar-refractivity contribution is 5.98. The molecule has 0 bridgehead atoms. The first-order valence-corrected chi connectivity index (χ1v) is 10.4. The van der Waals surface area contributed by atoms with E-state index in [0.717, 1.165) is 4.90 Å². The Morgan fingerprint density at radius 1 is 0.829 bits per heavy atom. The molecule has 35 heavy (non-hydrogen) atoms. The lowest BCUT2D eigenvalue weighted by atomic mass is 9.96. The zero-order valence-corrected chi connectivity index (χ0v) is 17.9. The van der Waals surface area contributed by atoms with Crippen molar-refractivity contribution in [2.45, 2.75) is 13.0 Å². The van der Waals surface area contributed by atoms with E-state index in [0.29, 0.717) is 22.5 Å². The molecule has 0 unspecified atom stereocenters. The fourth-order valence-corrected chi connectivity index (χ4v) is 3.94. The van der Waals surface area contributed by atoms with Crippen LogP contribution in [0.2, 0.25) is 0 Å². The number of aromatic hydroxyl groups is 1. The Balaban J connectivity index is 1.66. The molecule has 1 aliphatic heterocycles. The third-order valence-corrected chi connectivity index (χ3v) is 5.77. The van der Waals surface area contributed by atoms with Crippen molar-refractivity contribution in [3.05, 3.63) is 89.1 Å². The number of hydrogen-bond donors (Lipinski definition) is 2. The maximum Gasteiger partial charge on any atom is 0.233 e. The molecule has 0 fully saturated rings. The van der Waals surface area contributed by atoms with Crippen LogP contribution in [-0.4, -0.2) is 21.0 Å². The molecule has 2 heterocycles. The predicted molar refractivity (Wildman–Crippen MR) is 120 cm³/mol. The summed E-state index contributed by atoms with van der Waals surface area (Å²) in [5.41, 5.74) is 7.09. The largest absolute Gasteiger partial charge is 0.508 e. The zero-order valence-electron chi connectivity index (χ0n) is 17.9. The fraction of sp³-hybridized carbons (Fsp3) is 0.0800. The van der Waals surface area contributed by atoms with Gasteiger partial charge in [0.1, 0.15) is 11.4 Å². The Bertz CT molecular complexity index is 1480. The Labute approximate surface area is 196 Å². The molecule has 0 radical (unpaired) electrons. The summed E-state index contributed by atoms with van der Waals surface area (Å²) in [6, 6.07) is 12.8. The van der Waals surface area contributed by atoms with Crippen LogP contribution in [0.1, 0.15) is 11.1 Å². The van der Waals surface area contributed by atoms with Crippen LogP contribution in [0.25, 0.3) is 22.5 Å². The molecule has 176 valence electrons. The number of nitrogen functional groups attached to an aromatic ring is 1. The Morgan fingerprint density at radius 3 is 2.09 bits per heavy atom. The first-order chi connectivity index (χ1) is 16.7. The second kappa shape index (κ2) is 8.39. The number of carbonyl (C=O) groups excluding carboxylic acids is 1. The average molecular weight is 480 g/mol. The van der Waals surface area contributed by atoms with Gasteiger partial charge in [-0.15, -0.1) is 0 Å². The monoisotopic (exact) mass is 480 g/mol. The Kier molecular flexibility index (Phi) is 5.35. The molecule has 0 atom stereocenters. The third-order valence-electron chi connectivity index (χ3n) is 5.77. The van der Waals surface area contributed by atoms with E-state index in [1.807, 2.05) is 0 Å². The van der Waals surface area contributed by atoms with Crippen LogP contribution < -0.4 is 10.6 Å². The molecule has 1 aromatic heterocycles. The molecule has 0 saturated heterocycles. The zero-order chi connectivity index (χ0) is 24.9. The maximum absolute atomic E-state index is 14.5. The number of fused-ring (bicyclic) bond motifs is 1. The van der Waals surface area contributed by atoms with Crippen molar-refractivity contribution in [3.63, 3.8) is 0 Å². The molecule has 3 aromatic carbocycles. The molecule has 0 saturated carbocycles. The smallest absolute Gasteiger partial charge is 0.233 e. The van der Waals surface area contributed by atoms with Gasteiger partial charge in [-0.05, 0) is 36.4 Å². The molecule has 5 rings (SSSR count). The minimum absolute atomic E-state index is 0.00373. The maximum atomic E-state index is 14.5. The number of phenolic OH excluding ortho intramolecular Hbond substituents is 1. The normalized spacial score (nSPS) is 13.1. The average Bonchev–Trinajstić information content (AvgIpc) is 2.87. The number of nitrogens with zero attached hydrogens (tertiary/aromatic N) is 3. The van der Waals surface area contributed by atoms with Crippen molar-refractivity contribution >= 4 is 17.4 Å². The van der Waals surface area contributed by atoms with E-state index >= 15 is 0 Å². The van der Waals surface area contributed by atoms with Gasteiger partial charge in [0.2, 0.25) is 5.91 Å². The summed E-state index contributed by atoms with van der Waals surface area (Å²) in [7, 11) is 0. The van der Waals surface area contributed by atoms with E-state index < -0.39 is 53.3 Å². The van der Waals surface area contributed by atoms with Gasteiger partial charge < -0.3 is 10.8 Å². The van der Waals surface area contributed by atoms with Crippen molar-refractivity contribution in [3.8, 4) is 28.3 Å². The van der Waals surface area contributed by atoms with Crippen molar-refractivity contribution < 1.29 is 27.5 Å². The third kappa shape index (κ3) is 3.82. The number of phenols is 1. The number of halogens is 4. The van der Waals surface area contributed by atoms with E-state index in [1.165, 1.54) is 18.3 Å². The number of carbonyl (C=O) groups is 1. The van der Waals surface area contributed by atoms with Gasteiger partial charge in [0.05, 0.1) is 24.9 Å². The highest BCUT2D eigenvalue weighted by atomic mass is 19.2. The van der Waals surface area contributed by atoms with Crippen molar-refractivity contribution in [2.75, 3.05) is 10.6 Å². The van der Waals surface area contributed by atoms with Crippen molar-refractivity contribution in [2.24, 2.45) is 0 Å². The highest BCUT2D eigenvalue weighted by Gasteiger charge is 2.35. The van der Waals surface area contributed by atoms with E-state index in [2.05, 4.69) is 9.97 Å². The number of benzene rings is 3. The van der Waals surface area contributed by atoms with Gasteiger partial charge >= 0.3 is 0 Å². The predicted octanol–water partition coefficient (Wildman–Crippen LogP) is 4.74. The fourth-order valence-electron chi connectivity index (χ4n) is 3.94. The van der Waals surface area contributed by atoms with Crippen LogP contribution in [0.15, 0.2) is 54.7 Å². The van der Waals surface area contributed by atoms with Gasteiger partial charge in [-0.1, -0.05) is 12.1 Å². The van der Waals surface area contributed by atoms with Gasteiger partial charge in [-0.25, -0.2) is 27.5 Å². The van der Waals surface area contributed by atoms with Gasteiger partial charge in [0.15, 0.2) is 29.1 Å². The van der Waals surface area contributed by atoms with E-state index in [4.69, 9.17) is 5.73 Å². The summed E-state index contributed by atoms with van der Waals surface area (Å²) in [5, 5.41) is 9.68. The highest BCUT2D eigenvalue weighted by Crippen LogP contribution is 2.36. The number of aromatic nitrogens is 2. The number of hydrogen-bond acceptors (Lipinski definition) is 5. The second-order valence-electron chi connectivity index (χ2n) is 7.97. The number of nitrogens with two attached hydrogens (primary N) is 1. The topological polar surface area (TPSA) is 92.3 Å². The molecule has 10 heteroatoms.